The van der Waals surface area contributed by atoms with Crippen LogP contribution in [0.4, 0.5) is 5.69 Å². The molecule has 2 N–H and O–H groups in total. The Hall–Kier alpha value is -1.77. The molecule has 8 heteroatoms. The van der Waals surface area contributed by atoms with Crippen LogP contribution in [0.15, 0.2) is 34.0 Å². The number of amides is 1. The summed E-state index contributed by atoms with van der Waals surface area (Å²) in [4.78, 5) is 35.8. The van der Waals surface area contributed by atoms with Crippen LogP contribution in [-0.2, 0) is 10.5 Å². The number of aryl methyl sites for hydroxylation is 2. The fourth-order valence-corrected chi connectivity index (χ4v) is 6.88. The minimum absolute atomic E-state index is 0.0318. The van der Waals surface area contributed by atoms with E-state index in [4.69, 9.17) is 0 Å². The van der Waals surface area contributed by atoms with Crippen molar-refractivity contribution in [2.24, 2.45) is 0 Å². The van der Waals surface area contributed by atoms with Gasteiger partial charge in [-0.1, -0.05) is 25.0 Å². The first-order valence-electron chi connectivity index (χ1n) is 10.6. The number of carbonyl (C=O) groups is 1. The summed E-state index contributed by atoms with van der Waals surface area (Å²) in [5.74, 6) is 1.06. The molecule has 4 rings (SSSR count). The second kappa shape index (κ2) is 9.79. The summed E-state index contributed by atoms with van der Waals surface area (Å²) >= 11 is 4.90. The van der Waals surface area contributed by atoms with Crippen LogP contribution in [0.3, 0.4) is 0 Å². The monoisotopic (exact) mass is 473 g/mol. The molecule has 1 saturated carbocycles. The lowest BCUT2D eigenvalue weighted by Gasteiger charge is -2.16. The van der Waals surface area contributed by atoms with Gasteiger partial charge < -0.3 is 10.3 Å². The van der Waals surface area contributed by atoms with Crippen molar-refractivity contribution in [1.29, 1.82) is 0 Å². The molecule has 1 unspecified atom stereocenters. The van der Waals surface area contributed by atoms with Crippen LogP contribution in [0.5, 0.6) is 0 Å². The van der Waals surface area contributed by atoms with E-state index in [1.54, 1.807) is 11.3 Å². The highest BCUT2D eigenvalue weighted by Crippen LogP contribution is 2.38. The number of aromatic nitrogens is 2. The van der Waals surface area contributed by atoms with E-state index in [-0.39, 0.29) is 16.7 Å². The third-order valence-electron chi connectivity index (χ3n) is 5.67. The zero-order valence-corrected chi connectivity index (χ0v) is 20.4. The molecule has 0 spiro atoms. The molecule has 1 aliphatic rings. The number of nitrogens with zero attached hydrogens (tertiary/aromatic N) is 1. The van der Waals surface area contributed by atoms with Crippen LogP contribution in [0.2, 0.25) is 0 Å². The first-order chi connectivity index (χ1) is 14.9. The van der Waals surface area contributed by atoms with E-state index in [1.165, 1.54) is 37.4 Å². The second-order valence-electron chi connectivity index (χ2n) is 7.94. The minimum Gasteiger partial charge on any atom is -0.324 e. The van der Waals surface area contributed by atoms with Gasteiger partial charge in [-0.05, 0) is 51.3 Å². The molecule has 0 aliphatic heterocycles. The first-order valence-corrected chi connectivity index (χ1v) is 13.3. The Morgan fingerprint density at radius 3 is 2.81 bits per heavy atom. The number of aromatic amines is 1. The number of benzene rings is 1. The Kier molecular flexibility index (Phi) is 7.08. The minimum atomic E-state index is -0.266. The first kappa shape index (κ1) is 22.4. The molecule has 0 saturated heterocycles. The van der Waals surface area contributed by atoms with Crippen LogP contribution in [0.25, 0.3) is 10.2 Å². The molecule has 31 heavy (non-hydrogen) atoms. The van der Waals surface area contributed by atoms with Gasteiger partial charge in [-0.2, -0.15) is 0 Å². The van der Waals surface area contributed by atoms with Crippen molar-refractivity contribution in [3.8, 4) is 0 Å². The van der Waals surface area contributed by atoms with Gasteiger partial charge >= 0.3 is 0 Å². The average molecular weight is 474 g/mol. The Bertz CT molecular complexity index is 1150. The van der Waals surface area contributed by atoms with Gasteiger partial charge in [0, 0.05) is 15.0 Å². The number of nitrogens with one attached hydrogen (secondary N) is 2. The number of fused-ring (bicyclic) bond motifs is 1. The van der Waals surface area contributed by atoms with Crippen LogP contribution in [0, 0.1) is 13.8 Å². The second-order valence-corrected chi connectivity index (χ2v) is 11.8. The number of thiophene rings is 1. The molecule has 1 aromatic carbocycles. The molecule has 0 radical (unpaired) electrons. The fraction of sp³-hybridized carbons (Fsp3) is 0.435. The summed E-state index contributed by atoms with van der Waals surface area (Å²) in [7, 11) is 0. The van der Waals surface area contributed by atoms with E-state index in [2.05, 4.69) is 21.4 Å². The van der Waals surface area contributed by atoms with E-state index >= 15 is 0 Å². The van der Waals surface area contributed by atoms with Crippen molar-refractivity contribution in [3.05, 3.63) is 50.9 Å². The molecule has 1 aliphatic carbocycles. The van der Waals surface area contributed by atoms with Crippen molar-refractivity contribution in [2.75, 3.05) is 5.32 Å². The topological polar surface area (TPSA) is 74.8 Å². The highest BCUT2D eigenvalue weighted by atomic mass is 32.2. The van der Waals surface area contributed by atoms with Crippen molar-refractivity contribution in [3.63, 3.8) is 0 Å². The molecule has 3 aromatic rings. The largest absolute Gasteiger partial charge is 0.324 e. The van der Waals surface area contributed by atoms with Gasteiger partial charge in [0.1, 0.15) is 10.7 Å². The lowest BCUT2D eigenvalue weighted by molar-refractivity contribution is -0.115. The molecule has 164 valence electrons. The van der Waals surface area contributed by atoms with Crippen LogP contribution >= 0.6 is 34.9 Å². The Morgan fingerprint density at radius 2 is 2.03 bits per heavy atom. The Labute approximate surface area is 194 Å². The zero-order valence-electron chi connectivity index (χ0n) is 18.0. The number of hydrogen-bond acceptors (Lipinski definition) is 6. The highest BCUT2D eigenvalue weighted by molar-refractivity contribution is 8.00. The zero-order chi connectivity index (χ0) is 22.0. The van der Waals surface area contributed by atoms with Gasteiger partial charge in [-0.3, -0.25) is 9.59 Å². The standard InChI is InChI=1S/C23H27N3O2S3/c1-13-14(2)30-23-20(13)22(28)25-19(26-23)12-29-15(3)21(27)24-17-10-6-7-11-18(17)31-16-8-4-5-9-16/h6-7,10-11,15-16H,4-5,8-9,12H2,1-3H3,(H,24,27)(H,25,26,28). The number of para-hydroxylation sites is 1. The van der Waals surface area contributed by atoms with E-state index in [1.807, 2.05) is 50.7 Å². The highest BCUT2D eigenvalue weighted by Gasteiger charge is 2.20. The number of rotatable bonds is 7. The smallest absolute Gasteiger partial charge is 0.259 e. The molecule has 1 atom stereocenters. The fourth-order valence-electron chi connectivity index (χ4n) is 3.74. The number of H-pyrrole nitrogens is 1. The third kappa shape index (κ3) is 5.18. The summed E-state index contributed by atoms with van der Waals surface area (Å²) in [6.45, 7) is 5.85. The molecular formula is C23H27N3O2S3. The number of thioether (sulfide) groups is 2. The van der Waals surface area contributed by atoms with Crippen molar-refractivity contribution in [1.82, 2.24) is 9.97 Å². The third-order valence-corrected chi connectivity index (χ3v) is 9.34. The summed E-state index contributed by atoms with van der Waals surface area (Å²) in [5, 5.41) is 4.16. The van der Waals surface area contributed by atoms with Crippen LogP contribution in [-0.4, -0.2) is 26.4 Å². The van der Waals surface area contributed by atoms with E-state index < -0.39 is 0 Å². The molecule has 0 bridgehead atoms. The number of carbonyl (C=O) groups excluding carboxylic acids is 1. The number of anilines is 1. The van der Waals surface area contributed by atoms with Crippen molar-refractivity contribution >= 4 is 56.7 Å². The molecule has 5 nitrogen and oxygen atoms in total. The predicted octanol–water partition coefficient (Wildman–Crippen LogP) is 5.90. The van der Waals surface area contributed by atoms with Gasteiger partial charge in [-0.25, -0.2) is 4.98 Å². The molecule has 1 fully saturated rings. The van der Waals surface area contributed by atoms with E-state index in [0.29, 0.717) is 22.2 Å². The normalized spacial score (nSPS) is 15.5. The van der Waals surface area contributed by atoms with E-state index in [9.17, 15) is 9.59 Å². The lowest BCUT2D eigenvalue weighted by atomic mass is 10.2. The summed E-state index contributed by atoms with van der Waals surface area (Å²) in [6.07, 6.45) is 5.09. The lowest BCUT2D eigenvalue weighted by Crippen LogP contribution is -2.23. The maximum Gasteiger partial charge on any atom is 0.259 e. The Balaban J connectivity index is 1.39. The van der Waals surface area contributed by atoms with Gasteiger partial charge in [0.05, 0.1) is 22.1 Å². The predicted molar refractivity (Wildman–Crippen MR) is 134 cm³/mol. The molecule has 2 aromatic heterocycles. The average Bonchev–Trinajstić information content (AvgIpc) is 3.35. The van der Waals surface area contributed by atoms with Crippen LogP contribution < -0.4 is 10.9 Å². The number of hydrogen-bond donors (Lipinski definition) is 2. The molecule has 1 amide bonds. The molecule has 2 heterocycles. The SMILES string of the molecule is Cc1sc2nc(CSC(C)C(=O)Nc3ccccc3SC3CCCC3)[nH]c(=O)c2c1C. The van der Waals surface area contributed by atoms with Gasteiger partial charge in [-0.15, -0.1) is 34.9 Å². The van der Waals surface area contributed by atoms with Gasteiger partial charge in [0.25, 0.3) is 5.56 Å². The van der Waals surface area contributed by atoms with Crippen molar-refractivity contribution in [2.45, 2.75) is 67.6 Å². The van der Waals surface area contributed by atoms with Gasteiger partial charge in [0.15, 0.2) is 0 Å². The summed E-state index contributed by atoms with van der Waals surface area (Å²) in [5.41, 5.74) is 1.78. The van der Waals surface area contributed by atoms with Crippen LogP contribution in [0.1, 0.15) is 48.9 Å². The van der Waals surface area contributed by atoms with Gasteiger partial charge in [0.2, 0.25) is 5.91 Å². The molecular weight excluding hydrogens is 446 g/mol. The Morgan fingerprint density at radius 1 is 1.29 bits per heavy atom. The maximum atomic E-state index is 12.8. The quantitative estimate of drug-likeness (QED) is 0.447. The van der Waals surface area contributed by atoms with E-state index in [0.717, 1.165) is 25.9 Å². The van der Waals surface area contributed by atoms with Crippen molar-refractivity contribution < 1.29 is 4.79 Å². The summed E-state index contributed by atoms with van der Waals surface area (Å²) < 4.78 is 0. The maximum absolute atomic E-state index is 12.8. The summed E-state index contributed by atoms with van der Waals surface area (Å²) in [6, 6.07) is 8.05.